The van der Waals surface area contributed by atoms with Gasteiger partial charge in [-0.2, -0.15) is 0 Å². The highest BCUT2D eigenvalue weighted by atomic mass is 19.2. The number of hydrogen-bond acceptors (Lipinski definition) is 0. The summed E-state index contributed by atoms with van der Waals surface area (Å²) in [5.41, 5.74) is 2.43. The lowest BCUT2D eigenvalue weighted by molar-refractivity contribution is 0.139. The Morgan fingerprint density at radius 2 is 1.35 bits per heavy atom. The van der Waals surface area contributed by atoms with Crippen LogP contribution >= 0.6 is 0 Å². The van der Waals surface area contributed by atoms with E-state index in [1.807, 2.05) is 0 Å². The standard InChI is InChI=1S/C29H38F2/c1-21(25-5-3-2-4-6-25)19-23-11-16-27(17-12-23)26-14-9-22(10-15-26)7-8-24-13-18-28(30)29(31)20-24/h2-6,13,18,20-23,26-27H,7-12,14-17,19H2,1H3/t21-,22?,23?,26?,27?/m1/s1. The molecule has 168 valence electrons. The summed E-state index contributed by atoms with van der Waals surface area (Å²) in [6.07, 6.45) is 14.4. The summed E-state index contributed by atoms with van der Waals surface area (Å²) < 4.78 is 26.5. The van der Waals surface area contributed by atoms with Gasteiger partial charge in [-0.25, -0.2) is 8.78 Å². The average Bonchev–Trinajstić information content (AvgIpc) is 2.81. The summed E-state index contributed by atoms with van der Waals surface area (Å²) in [6.45, 7) is 2.39. The van der Waals surface area contributed by atoms with E-state index in [1.165, 1.54) is 75.5 Å². The summed E-state index contributed by atoms with van der Waals surface area (Å²) >= 11 is 0. The molecule has 1 atom stereocenters. The maximum absolute atomic E-state index is 13.4. The van der Waals surface area contributed by atoms with Crippen molar-refractivity contribution in [3.63, 3.8) is 0 Å². The van der Waals surface area contributed by atoms with Crippen molar-refractivity contribution in [3.8, 4) is 0 Å². The lowest BCUT2D eigenvalue weighted by Crippen LogP contribution is -2.26. The Hall–Kier alpha value is -1.70. The first-order valence-electron chi connectivity index (χ1n) is 12.6. The van der Waals surface area contributed by atoms with Crippen LogP contribution in [-0.4, -0.2) is 0 Å². The maximum atomic E-state index is 13.4. The van der Waals surface area contributed by atoms with Gasteiger partial charge in [0.1, 0.15) is 0 Å². The molecule has 2 aliphatic rings. The van der Waals surface area contributed by atoms with Crippen molar-refractivity contribution in [2.45, 2.75) is 83.5 Å². The monoisotopic (exact) mass is 424 g/mol. The molecule has 0 bridgehead atoms. The van der Waals surface area contributed by atoms with Crippen LogP contribution in [-0.2, 0) is 6.42 Å². The first-order chi connectivity index (χ1) is 15.1. The van der Waals surface area contributed by atoms with Crippen LogP contribution in [0.1, 0.15) is 88.2 Å². The molecule has 0 amide bonds. The molecule has 31 heavy (non-hydrogen) atoms. The molecular weight excluding hydrogens is 386 g/mol. The molecule has 2 saturated carbocycles. The smallest absolute Gasteiger partial charge is 0.159 e. The van der Waals surface area contributed by atoms with Gasteiger partial charge >= 0.3 is 0 Å². The molecule has 0 unspecified atom stereocenters. The molecular formula is C29H38F2. The molecule has 4 rings (SSSR count). The fraction of sp³-hybridized carbons (Fsp3) is 0.586. The van der Waals surface area contributed by atoms with Crippen LogP contribution in [0.5, 0.6) is 0 Å². The van der Waals surface area contributed by atoms with Crippen LogP contribution in [0.2, 0.25) is 0 Å². The average molecular weight is 425 g/mol. The van der Waals surface area contributed by atoms with E-state index in [0.717, 1.165) is 42.1 Å². The topological polar surface area (TPSA) is 0 Å². The van der Waals surface area contributed by atoms with Gasteiger partial charge in [0.15, 0.2) is 11.6 Å². The highest BCUT2D eigenvalue weighted by Gasteiger charge is 2.31. The fourth-order valence-corrected chi connectivity index (χ4v) is 6.33. The SMILES string of the molecule is C[C@H](CC1CCC(C2CCC(CCc3ccc(F)c(F)c3)CC2)CC1)c1ccccc1. The van der Waals surface area contributed by atoms with Gasteiger partial charge in [0, 0.05) is 0 Å². The Morgan fingerprint density at radius 3 is 1.97 bits per heavy atom. The molecule has 0 N–H and O–H groups in total. The van der Waals surface area contributed by atoms with Gasteiger partial charge in [0.2, 0.25) is 0 Å². The number of benzene rings is 2. The van der Waals surface area contributed by atoms with Gasteiger partial charge in [-0.15, -0.1) is 0 Å². The summed E-state index contributed by atoms with van der Waals surface area (Å²) in [6, 6.07) is 15.4. The van der Waals surface area contributed by atoms with Crippen molar-refractivity contribution in [2.24, 2.45) is 23.7 Å². The first kappa shape index (κ1) is 22.5. The zero-order valence-electron chi connectivity index (χ0n) is 19.0. The highest BCUT2D eigenvalue weighted by molar-refractivity contribution is 5.19. The molecule has 0 aromatic heterocycles. The number of hydrogen-bond donors (Lipinski definition) is 0. The van der Waals surface area contributed by atoms with Gasteiger partial charge in [0.25, 0.3) is 0 Å². The second-order valence-electron chi connectivity index (χ2n) is 10.4. The summed E-state index contributed by atoms with van der Waals surface area (Å²) in [7, 11) is 0. The van der Waals surface area contributed by atoms with Crippen molar-refractivity contribution in [1.82, 2.24) is 0 Å². The van der Waals surface area contributed by atoms with E-state index in [2.05, 4.69) is 37.3 Å². The Bertz CT molecular complexity index is 799. The molecule has 0 heterocycles. The maximum Gasteiger partial charge on any atom is 0.159 e. The number of aryl methyl sites for hydroxylation is 1. The lowest BCUT2D eigenvalue weighted by atomic mass is 9.67. The minimum Gasteiger partial charge on any atom is -0.204 e. The van der Waals surface area contributed by atoms with Crippen LogP contribution in [0.15, 0.2) is 48.5 Å². The highest BCUT2D eigenvalue weighted by Crippen LogP contribution is 2.43. The second-order valence-corrected chi connectivity index (χ2v) is 10.4. The molecule has 2 aromatic rings. The van der Waals surface area contributed by atoms with Crippen LogP contribution < -0.4 is 0 Å². The van der Waals surface area contributed by atoms with E-state index >= 15 is 0 Å². The quantitative estimate of drug-likeness (QED) is 0.417. The molecule has 2 aromatic carbocycles. The minimum absolute atomic E-state index is 0.674. The third kappa shape index (κ3) is 6.18. The predicted octanol–water partition coefficient (Wildman–Crippen LogP) is 8.70. The zero-order chi connectivity index (χ0) is 21.6. The largest absolute Gasteiger partial charge is 0.204 e. The molecule has 2 heteroatoms. The van der Waals surface area contributed by atoms with E-state index in [1.54, 1.807) is 6.07 Å². The molecule has 0 nitrogen and oxygen atoms in total. The molecule has 0 aliphatic heterocycles. The lowest BCUT2D eigenvalue weighted by Gasteiger charge is -2.38. The van der Waals surface area contributed by atoms with Gasteiger partial charge in [-0.3, -0.25) is 0 Å². The van der Waals surface area contributed by atoms with Crippen LogP contribution in [0, 0.1) is 35.3 Å². The normalized spacial score (nSPS) is 27.7. The minimum atomic E-state index is -0.742. The summed E-state index contributed by atoms with van der Waals surface area (Å²) in [5.74, 6) is 2.74. The summed E-state index contributed by atoms with van der Waals surface area (Å²) in [4.78, 5) is 0. The third-order valence-electron chi connectivity index (χ3n) is 8.33. The molecule has 2 fully saturated rings. The molecule has 2 aliphatic carbocycles. The fourth-order valence-electron chi connectivity index (χ4n) is 6.33. The van der Waals surface area contributed by atoms with E-state index < -0.39 is 11.6 Å². The van der Waals surface area contributed by atoms with Crippen LogP contribution in [0.3, 0.4) is 0 Å². The van der Waals surface area contributed by atoms with Crippen molar-refractivity contribution < 1.29 is 8.78 Å². The number of rotatable bonds is 7. The molecule has 0 spiro atoms. The molecule has 0 radical (unpaired) electrons. The second kappa shape index (κ2) is 10.7. The van der Waals surface area contributed by atoms with E-state index in [-0.39, 0.29) is 0 Å². The van der Waals surface area contributed by atoms with E-state index in [9.17, 15) is 8.78 Å². The Morgan fingerprint density at radius 1 is 0.742 bits per heavy atom. The third-order valence-corrected chi connectivity index (χ3v) is 8.33. The van der Waals surface area contributed by atoms with E-state index in [0.29, 0.717) is 5.92 Å². The van der Waals surface area contributed by atoms with Gasteiger partial charge in [-0.05, 0) is 97.8 Å². The van der Waals surface area contributed by atoms with Crippen molar-refractivity contribution >= 4 is 0 Å². The Labute approximate surface area is 187 Å². The molecule has 0 saturated heterocycles. The van der Waals surface area contributed by atoms with Crippen LogP contribution in [0.4, 0.5) is 8.78 Å². The first-order valence-corrected chi connectivity index (χ1v) is 12.6. The van der Waals surface area contributed by atoms with Crippen LogP contribution in [0.25, 0.3) is 0 Å². The van der Waals surface area contributed by atoms with Gasteiger partial charge < -0.3 is 0 Å². The summed E-state index contributed by atoms with van der Waals surface area (Å²) in [5, 5.41) is 0. The zero-order valence-corrected chi connectivity index (χ0v) is 19.0. The Balaban J connectivity index is 1.16. The van der Waals surface area contributed by atoms with Crippen molar-refractivity contribution in [1.29, 1.82) is 0 Å². The van der Waals surface area contributed by atoms with Gasteiger partial charge in [-0.1, -0.05) is 69.0 Å². The van der Waals surface area contributed by atoms with Gasteiger partial charge in [0.05, 0.1) is 0 Å². The van der Waals surface area contributed by atoms with E-state index in [4.69, 9.17) is 0 Å². The predicted molar refractivity (Wildman–Crippen MR) is 125 cm³/mol. The number of halogens is 2. The van der Waals surface area contributed by atoms with Crippen molar-refractivity contribution in [2.75, 3.05) is 0 Å². The van der Waals surface area contributed by atoms with Crippen molar-refractivity contribution in [3.05, 3.63) is 71.3 Å². The Kier molecular flexibility index (Phi) is 7.80.